The Bertz CT molecular complexity index is 1870. The van der Waals surface area contributed by atoms with Gasteiger partial charge in [0.15, 0.2) is 41.2 Å². The van der Waals surface area contributed by atoms with Gasteiger partial charge in [-0.2, -0.15) is 4.98 Å². The second-order valence-electron chi connectivity index (χ2n) is 9.89. The molecule has 8 N–H and O–H groups in total. The molecule has 4 aromatic rings. The molecule has 0 bridgehead atoms. The van der Waals surface area contributed by atoms with E-state index in [1.165, 1.54) is 28.1 Å². The summed E-state index contributed by atoms with van der Waals surface area (Å²) in [5, 5.41) is 22.4. The summed E-state index contributed by atoms with van der Waals surface area (Å²) in [6, 6.07) is 0. The van der Waals surface area contributed by atoms with Crippen LogP contribution in [0.2, 0.25) is 0 Å². The van der Waals surface area contributed by atoms with Crippen molar-refractivity contribution in [1.29, 1.82) is 0 Å². The highest BCUT2D eigenvalue weighted by molar-refractivity contribution is 8.07. The van der Waals surface area contributed by atoms with E-state index in [-0.39, 0.29) is 34.1 Å². The van der Waals surface area contributed by atoms with Gasteiger partial charge in [-0.15, -0.1) is 9.05 Å². The molecule has 0 aliphatic carbocycles. The van der Waals surface area contributed by atoms with Gasteiger partial charge in [0, 0.05) is 4.57 Å². The van der Waals surface area contributed by atoms with E-state index in [2.05, 4.69) is 29.9 Å². The molecule has 24 heteroatoms. The van der Waals surface area contributed by atoms with Gasteiger partial charge in [-0.25, -0.2) is 19.9 Å². The monoisotopic (exact) mass is 673 g/mol. The number of ether oxygens (including phenoxy) is 2. The Morgan fingerprint density at radius 2 is 1.64 bits per heavy atom. The Morgan fingerprint density at radius 1 is 0.977 bits per heavy atom. The predicted molar refractivity (Wildman–Crippen MR) is 148 cm³/mol. The highest BCUT2D eigenvalue weighted by atomic mass is 32.5. The summed E-state index contributed by atoms with van der Waals surface area (Å²) in [5.41, 5.74) is 11.3. The zero-order valence-electron chi connectivity index (χ0n) is 22.0. The summed E-state index contributed by atoms with van der Waals surface area (Å²) >= 11 is 5.21. The van der Waals surface area contributed by atoms with Crippen LogP contribution >= 0.6 is 15.0 Å². The van der Waals surface area contributed by atoms with Crippen LogP contribution in [0.3, 0.4) is 0 Å². The van der Waals surface area contributed by atoms with Crippen molar-refractivity contribution in [2.45, 2.75) is 49.1 Å². The molecule has 0 saturated carbocycles. The number of aliphatic hydroxyl groups excluding tert-OH is 2. The normalized spacial score (nSPS) is 35.8. The van der Waals surface area contributed by atoms with Crippen LogP contribution in [0.4, 0.5) is 11.8 Å². The SMILES string of the molecule is Nc1nc2c(ncn2[C@@H]2O[C@@H]3COP(O)(=S)O[C@H]4[C@@H](O)[C@H](n5cnc6c(N)ncnc65)O[C@@H]4CO[P+](=O)O[C@H]3[C@H]2O)c(=O)[nH]1. The molecule has 0 spiro atoms. The number of aromatic nitrogens is 8. The van der Waals surface area contributed by atoms with E-state index < -0.39 is 82.8 Å². The van der Waals surface area contributed by atoms with Crippen LogP contribution in [0.5, 0.6) is 0 Å². The minimum Gasteiger partial charge on any atom is -0.386 e. The van der Waals surface area contributed by atoms with Crippen molar-refractivity contribution in [3.05, 3.63) is 29.3 Å². The number of fused-ring (bicyclic) bond motifs is 4. The van der Waals surface area contributed by atoms with E-state index >= 15 is 0 Å². The van der Waals surface area contributed by atoms with Gasteiger partial charge in [-0.05, 0) is 11.8 Å². The number of nitrogens with one attached hydrogen (secondary N) is 1. The summed E-state index contributed by atoms with van der Waals surface area (Å²) in [7, 11) is -2.93. The summed E-state index contributed by atoms with van der Waals surface area (Å²) in [5.74, 6) is -0.0959. The molecule has 44 heavy (non-hydrogen) atoms. The van der Waals surface area contributed by atoms with Crippen LogP contribution in [-0.2, 0) is 43.9 Å². The number of nitrogen functional groups attached to an aromatic ring is 2. The van der Waals surface area contributed by atoms with Gasteiger partial charge in [0.25, 0.3) is 5.56 Å². The van der Waals surface area contributed by atoms with E-state index in [4.69, 9.17) is 50.8 Å². The number of nitrogens with two attached hydrogens (primary N) is 2. The lowest BCUT2D eigenvalue weighted by Gasteiger charge is -2.26. The smallest absolute Gasteiger partial charge is 0.386 e. The number of H-pyrrole nitrogens is 1. The number of hydrogen-bond donors (Lipinski definition) is 6. The molecule has 0 amide bonds. The van der Waals surface area contributed by atoms with Gasteiger partial charge in [-0.1, -0.05) is 0 Å². The molecule has 10 atom stereocenters. The Kier molecular flexibility index (Phi) is 7.43. The third-order valence-corrected chi connectivity index (χ3v) is 9.55. The van der Waals surface area contributed by atoms with Crippen molar-refractivity contribution in [1.82, 2.24) is 39.0 Å². The van der Waals surface area contributed by atoms with Gasteiger partial charge < -0.3 is 40.6 Å². The van der Waals surface area contributed by atoms with E-state index in [1.807, 2.05) is 0 Å². The molecule has 0 radical (unpaired) electrons. The van der Waals surface area contributed by atoms with Crippen LogP contribution < -0.4 is 17.0 Å². The fourth-order valence-corrected chi connectivity index (χ4v) is 7.46. The van der Waals surface area contributed by atoms with Crippen LogP contribution in [0, 0.1) is 0 Å². The molecule has 4 aromatic heterocycles. The lowest BCUT2D eigenvalue weighted by molar-refractivity contribution is -0.0573. The molecular formula is C20H23N10O11P2S+. The molecule has 7 heterocycles. The molecule has 234 valence electrons. The maximum Gasteiger partial charge on any atom is 0.697 e. The Hall–Kier alpha value is -3.11. The summed E-state index contributed by atoms with van der Waals surface area (Å²) in [6.07, 6.45) is -6.73. The van der Waals surface area contributed by atoms with E-state index in [0.717, 1.165) is 0 Å². The van der Waals surface area contributed by atoms with Gasteiger partial charge in [0.05, 0.1) is 19.3 Å². The van der Waals surface area contributed by atoms with Crippen molar-refractivity contribution in [2.24, 2.45) is 0 Å². The highest BCUT2D eigenvalue weighted by Gasteiger charge is 2.54. The lowest BCUT2D eigenvalue weighted by Crippen LogP contribution is -2.38. The molecular weight excluding hydrogens is 650 g/mol. The van der Waals surface area contributed by atoms with E-state index in [0.29, 0.717) is 0 Å². The number of rotatable bonds is 2. The van der Waals surface area contributed by atoms with Gasteiger partial charge in [-0.3, -0.25) is 23.4 Å². The standard InChI is InChI=1S/C20H22N10O11P2S/c21-14-8-15(24-3-23-14)29(4-25-8)19-11(32)13-6(38-19)1-36-42(34)40-12-7(2-37-43(35,44)41-13)39-18(10(12)31)30-5-26-9-16(30)27-20(22)28-17(9)33/h3-7,10-13,18-19,31-32H,1-2H2,(H5-,21,22,23,24,27,28,33,35,44)/p+1/t6-,7-,10-,11-,12-,13-,18-,19-,43?/m1/s1. The number of aliphatic hydroxyl groups is 2. The number of hydrogen-bond acceptors (Lipinski definition) is 18. The molecule has 3 fully saturated rings. The van der Waals surface area contributed by atoms with Gasteiger partial charge >= 0.3 is 15.0 Å². The molecule has 3 aliphatic rings. The number of imidazole rings is 2. The van der Waals surface area contributed by atoms with Crippen LogP contribution in [0.25, 0.3) is 22.3 Å². The fourth-order valence-electron chi connectivity index (χ4n) is 5.23. The zero-order valence-corrected chi connectivity index (χ0v) is 24.6. The Morgan fingerprint density at radius 3 is 2.39 bits per heavy atom. The van der Waals surface area contributed by atoms with Crippen molar-refractivity contribution < 1.29 is 47.2 Å². The second kappa shape index (κ2) is 11.1. The average Bonchev–Trinajstić information content (AvgIpc) is 3.72. The summed E-state index contributed by atoms with van der Waals surface area (Å²) in [4.78, 5) is 45.7. The first-order valence-electron chi connectivity index (χ1n) is 12.8. The minimum atomic E-state index is -4.14. The minimum absolute atomic E-state index is 0.00174. The molecule has 2 unspecified atom stereocenters. The van der Waals surface area contributed by atoms with Crippen molar-refractivity contribution in [3.8, 4) is 0 Å². The molecule has 3 aliphatic heterocycles. The fraction of sp³-hybridized carbons (Fsp3) is 0.500. The molecule has 0 aromatic carbocycles. The maximum absolute atomic E-state index is 12.9. The van der Waals surface area contributed by atoms with Crippen LogP contribution in [0.1, 0.15) is 12.5 Å². The van der Waals surface area contributed by atoms with Crippen molar-refractivity contribution in [2.75, 3.05) is 24.7 Å². The third kappa shape index (κ3) is 5.07. The molecule has 3 saturated heterocycles. The topological polar surface area (TPSA) is 292 Å². The first-order chi connectivity index (χ1) is 21.0. The number of nitrogens with zero attached hydrogens (tertiary/aromatic N) is 7. The average molecular weight is 673 g/mol. The van der Waals surface area contributed by atoms with Crippen LogP contribution in [0.15, 0.2) is 23.8 Å². The lowest BCUT2D eigenvalue weighted by atomic mass is 10.1. The first-order valence-corrected chi connectivity index (χ1v) is 16.4. The predicted octanol–water partition coefficient (Wildman–Crippen LogP) is -1.67. The van der Waals surface area contributed by atoms with Crippen LogP contribution in [-0.4, -0.2) is 104 Å². The second-order valence-corrected chi connectivity index (χ2v) is 13.6. The zero-order chi connectivity index (χ0) is 30.9. The summed E-state index contributed by atoms with van der Waals surface area (Å²) < 4.78 is 49.6. The number of aromatic amines is 1. The molecule has 21 nitrogen and oxygen atoms in total. The molecule has 7 rings (SSSR count). The maximum atomic E-state index is 12.9. The Balaban J connectivity index is 1.15. The largest absolute Gasteiger partial charge is 0.697 e. The Labute approximate surface area is 250 Å². The van der Waals surface area contributed by atoms with E-state index in [1.54, 1.807) is 0 Å². The third-order valence-electron chi connectivity index (χ3n) is 7.21. The van der Waals surface area contributed by atoms with E-state index in [9.17, 15) is 24.5 Å². The summed E-state index contributed by atoms with van der Waals surface area (Å²) in [6.45, 7) is -5.12. The van der Waals surface area contributed by atoms with Gasteiger partial charge in [0.1, 0.15) is 49.0 Å². The number of anilines is 2. The van der Waals surface area contributed by atoms with Gasteiger partial charge in [0.2, 0.25) is 5.95 Å². The van der Waals surface area contributed by atoms with Crippen molar-refractivity contribution >= 4 is 60.9 Å². The highest BCUT2D eigenvalue weighted by Crippen LogP contribution is 2.51. The van der Waals surface area contributed by atoms with Crippen molar-refractivity contribution in [3.63, 3.8) is 0 Å². The first kappa shape index (κ1) is 29.6. The quantitative estimate of drug-likeness (QED) is 0.130.